The molecular weight excluding hydrogens is 452 g/mol. The van der Waals surface area contributed by atoms with Gasteiger partial charge in [0.25, 0.3) is 5.56 Å². The lowest BCUT2D eigenvalue weighted by Crippen LogP contribution is -2.45. The van der Waals surface area contributed by atoms with Gasteiger partial charge < -0.3 is 14.4 Å². The summed E-state index contributed by atoms with van der Waals surface area (Å²) in [7, 11) is 1.55. The molecule has 2 aliphatic carbocycles. The van der Waals surface area contributed by atoms with Gasteiger partial charge in [-0.05, 0) is 66.7 Å². The molecule has 5 rings (SSSR count). The number of phenols is 1. The molecule has 0 amide bonds. The monoisotopic (exact) mass is 481 g/mol. The van der Waals surface area contributed by atoms with Crippen LogP contribution in [0.15, 0.2) is 41.3 Å². The molecule has 184 valence electrons. The van der Waals surface area contributed by atoms with E-state index in [2.05, 4.69) is 24.0 Å². The van der Waals surface area contributed by atoms with Crippen molar-refractivity contribution in [2.24, 2.45) is 17.9 Å². The Labute approximate surface area is 202 Å². The van der Waals surface area contributed by atoms with E-state index in [1.807, 2.05) is 0 Å². The Morgan fingerprint density at radius 2 is 1.77 bits per heavy atom. The predicted octanol–water partition coefficient (Wildman–Crippen LogP) is 5.62. The van der Waals surface area contributed by atoms with E-state index in [0.29, 0.717) is 5.88 Å². The zero-order valence-corrected chi connectivity index (χ0v) is 20.1. The van der Waals surface area contributed by atoms with Crippen molar-refractivity contribution in [2.75, 3.05) is 0 Å². The molecule has 1 N–H and O–H groups in total. The number of halogens is 2. The quantitative estimate of drug-likeness (QED) is 0.523. The molecule has 3 aromatic rings. The fourth-order valence-electron chi connectivity index (χ4n) is 6.22. The molecule has 6 nitrogen and oxygen atoms in total. The van der Waals surface area contributed by atoms with Crippen LogP contribution in [0.5, 0.6) is 11.6 Å². The maximum atomic E-state index is 15.0. The average molecular weight is 482 g/mol. The van der Waals surface area contributed by atoms with E-state index in [1.54, 1.807) is 13.1 Å². The smallest absolute Gasteiger partial charge is 0.250 e. The maximum absolute atomic E-state index is 15.0. The highest BCUT2D eigenvalue weighted by molar-refractivity contribution is 5.75. The number of rotatable bonds is 4. The van der Waals surface area contributed by atoms with Crippen LogP contribution >= 0.6 is 0 Å². The highest BCUT2D eigenvalue weighted by Gasteiger charge is 2.47. The molecule has 0 spiro atoms. The number of aromatic hydroxyl groups is 1. The van der Waals surface area contributed by atoms with Crippen molar-refractivity contribution in [1.82, 2.24) is 14.8 Å². The highest BCUT2D eigenvalue weighted by atomic mass is 19.2. The number of ether oxygens (including phenoxy) is 1. The zero-order valence-electron chi connectivity index (χ0n) is 20.1. The second-order valence-electron chi connectivity index (χ2n) is 10.9. The van der Waals surface area contributed by atoms with Gasteiger partial charge in [0.05, 0.1) is 5.56 Å². The molecule has 1 unspecified atom stereocenters. The Morgan fingerprint density at radius 1 is 1.06 bits per heavy atom. The molecule has 0 radical (unpaired) electrons. The maximum Gasteiger partial charge on any atom is 0.250 e. The fourth-order valence-corrected chi connectivity index (χ4v) is 6.22. The van der Waals surface area contributed by atoms with Crippen molar-refractivity contribution in [3.05, 3.63) is 58.5 Å². The molecule has 2 bridgehead atoms. The molecule has 2 aliphatic rings. The largest absolute Gasteiger partial charge is 0.507 e. The summed E-state index contributed by atoms with van der Waals surface area (Å²) < 4.78 is 37.5. The van der Waals surface area contributed by atoms with Crippen LogP contribution in [-0.4, -0.2) is 26.0 Å². The molecule has 2 fully saturated rings. The third-order valence-corrected chi connectivity index (χ3v) is 7.64. The Balaban J connectivity index is 1.40. The number of pyridine rings is 1. The van der Waals surface area contributed by atoms with Gasteiger partial charge in [0.15, 0.2) is 11.6 Å². The molecule has 0 aliphatic heterocycles. The first-order valence-corrected chi connectivity index (χ1v) is 11.9. The third-order valence-electron chi connectivity index (χ3n) is 7.64. The van der Waals surface area contributed by atoms with Crippen molar-refractivity contribution in [2.45, 2.75) is 58.5 Å². The number of hydrogen-bond donors (Lipinski definition) is 1. The van der Waals surface area contributed by atoms with Crippen molar-refractivity contribution < 1.29 is 18.6 Å². The van der Waals surface area contributed by atoms with Gasteiger partial charge in [0.2, 0.25) is 5.88 Å². The number of hydrogen-bond acceptors (Lipinski definition) is 5. The Kier molecular flexibility index (Phi) is 5.65. The minimum atomic E-state index is -1.26. The third kappa shape index (κ3) is 4.42. The molecule has 35 heavy (non-hydrogen) atoms. The van der Waals surface area contributed by atoms with Crippen molar-refractivity contribution in [3.63, 3.8) is 0 Å². The number of fused-ring (bicyclic) bond motifs is 2. The Bertz CT molecular complexity index is 1320. The first-order valence-electron chi connectivity index (χ1n) is 11.9. The lowest BCUT2D eigenvalue weighted by molar-refractivity contribution is -0.0421. The topological polar surface area (TPSA) is 77.2 Å². The molecule has 2 heterocycles. The lowest BCUT2D eigenvalue weighted by Gasteiger charge is -2.51. The summed E-state index contributed by atoms with van der Waals surface area (Å²) in [6.45, 7) is 4.65. The highest BCUT2D eigenvalue weighted by Crippen LogP contribution is 2.55. The Hall–Kier alpha value is -3.29. The Morgan fingerprint density at radius 3 is 2.40 bits per heavy atom. The standard InChI is InChI=1S/C27H29F2N3O3/c1-26-8-4-9-27(2,15-26)14-17(13-26)35-21-6-5-19(30-31-21)23-20(33)12-18(24(28)25(23)29)16-7-10-32(3)22(34)11-16/h5-7,10-12,17,33H,4,8-9,13-15H2,1-3H3/t17?,26-,27+. The van der Waals surface area contributed by atoms with E-state index >= 15 is 4.39 Å². The molecule has 8 heteroatoms. The average Bonchev–Trinajstić information content (AvgIpc) is 2.78. The van der Waals surface area contributed by atoms with Crippen molar-refractivity contribution >= 4 is 0 Å². The van der Waals surface area contributed by atoms with Gasteiger partial charge in [-0.2, -0.15) is 0 Å². The normalized spacial score (nSPS) is 25.9. The van der Waals surface area contributed by atoms with Gasteiger partial charge in [-0.1, -0.05) is 20.3 Å². The van der Waals surface area contributed by atoms with Crippen LogP contribution in [0.3, 0.4) is 0 Å². The van der Waals surface area contributed by atoms with E-state index in [9.17, 15) is 14.3 Å². The summed E-state index contributed by atoms with van der Waals surface area (Å²) in [5.74, 6) is -2.61. The zero-order chi connectivity index (χ0) is 25.0. The van der Waals surface area contributed by atoms with Gasteiger partial charge >= 0.3 is 0 Å². The van der Waals surface area contributed by atoms with Crippen LogP contribution in [0.25, 0.3) is 22.4 Å². The van der Waals surface area contributed by atoms with E-state index in [0.717, 1.165) is 18.9 Å². The van der Waals surface area contributed by atoms with E-state index in [4.69, 9.17) is 4.74 Å². The van der Waals surface area contributed by atoms with Gasteiger partial charge in [0, 0.05) is 30.9 Å². The summed E-state index contributed by atoms with van der Waals surface area (Å²) in [4.78, 5) is 11.9. The van der Waals surface area contributed by atoms with Gasteiger partial charge in [-0.3, -0.25) is 4.79 Å². The first-order chi connectivity index (χ1) is 16.6. The number of benzene rings is 1. The first kappa shape index (κ1) is 23.5. The van der Waals surface area contributed by atoms with Crippen LogP contribution in [-0.2, 0) is 7.05 Å². The van der Waals surface area contributed by atoms with E-state index in [1.165, 1.54) is 54.6 Å². The second kappa shape index (κ2) is 8.43. The molecule has 1 aromatic carbocycles. The summed E-state index contributed by atoms with van der Waals surface area (Å²) in [6, 6.07) is 6.79. The van der Waals surface area contributed by atoms with Crippen LogP contribution in [0.1, 0.15) is 52.4 Å². The van der Waals surface area contributed by atoms with Gasteiger partial charge in [-0.25, -0.2) is 8.78 Å². The summed E-state index contributed by atoms with van der Waals surface area (Å²) in [6.07, 6.45) is 8.24. The molecule has 3 atom stereocenters. The van der Waals surface area contributed by atoms with E-state index < -0.39 is 17.4 Å². The molecule has 2 saturated carbocycles. The van der Waals surface area contributed by atoms with Crippen LogP contribution in [0.2, 0.25) is 0 Å². The summed E-state index contributed by atoms with van der Waals surface area (Å²) in [5.41, 5.74) is -0.291. The second-order valence-corrected chi connectivity index (χ2v) is 10.9. The van der Waals surface area contributed by atoms with Crippen LogP contribution in [0.4, 0.5) is 8.78 Å². The number of nitrogens with zero attached hydrogens (tertiary/aromatic N) is 3. The minimum absolute atomic E-state index is 0.0128. The fraction of sp³-hybridized carbons (Fsp3) is 0.444. The minimum Gasteiger partial charge on any atom is -0.507 e. The molecular formula is C27H29F2N3O3. The molecule has 0 saturated heterocycles. The molecule has 2 aromatic heterocycles. The van der Waals surface area contributed by atoms with Crippen molar-refractivity contribution in [1.29, 1.82) is 0 Å². The van der Waals surface area contributed by atoms with Gasteiger partial charge in [-0.15, -0.1) is 10.2 Å². The predicted molar refractivity (Wildman–Crippen MR) is 128 cm³/mol. The summed E-state index contributed by atoms with van der Waals surface area (Å²) >= 11 is 0. The van der Waals surface area contributed by atoms with Crippen LogP contribution in [0, 0.1) is 22.5 Å². The van der Waals surface area contributed by atoms with Gasteiger partial charge in [0.1, 0.15) is 17.5 Å². The van der Waals surface area contributed by atoms with E-state index in [-0.39, 0.29) is 44.9 Å². The lowest BCUT2D eigenvalue weighted by atomic mass is 9.55. The number of phenolic OH excluding ortho intramolecular Hbond substituents is 1. The van der Waals surface area contributed by atoms with Crippen molar-refractivity contribution in [3.8, 4) is 34.0 Å². The number of aromatic nitrogens is 3. The summed E-state index contributed by atoms with van der Waals surface area (Å²) in [5, 5.41) is 18.6. The SMILES string of the molecule is Cn1ccc(-c2cc(O)c(-c3ccc(OC4C[C@]5(C)CCC[C@](C)(C4)C5)nn3)c(F)c2F)cc1=O. The number of aryl methyl sites for hydroxylation is 1. The van der Waals surface area contributed by atoms with Crippen LogP contribution < -0.4 is 10.3 Å².